The lowest BCUT2D eigenvalue weighted by Crippen LogP contribution is -2.26. The van der Waals surface area contributed by atoms with E-state index in [2.05, 4.69) is 200 Å². The summed E-state index contributed by atoms with van der Waals surface area (Å²) in [5, 5.41) is 0. The van der Waals surface area contributed by atoms with E-state index in [1.54, 1.807) is 0 Å². The number of rotatable bonds is 6. The van der Waals surface area contributed by atoms with E-state index in [9.17, 15) is 0 Å². The summed E-state index contributed by atoms with van der Waals surface area (Å²) >= 11 is 0. The molecule has 1 aromatic heterocycles. The van der Waals surface area contributed by atoms with Gasteiger partial charge in [0.1, 0.15) is 0 Å². The molecule has 0 radical (unpaired) electrons. The van der Waals surface area contributed by atoms with Crippen molar-refractivity contribution in [3.05, 3.63) is 247 Å². The summed E-state index contributed by atoms with van der Waals surface area (Å²) in [6.07, 6.45) is 0. The smallest absolute Gasteiger partial charge is 0.164 e. The molecule has 61 heavy (non-hydrogen) atoms. The van der Waals surface area contributed by atoms with Gasteiger partial charge in [0.15, 0.2) is 17.5 Å². The summed E-state index contributed by atoms with van der Waals surface area (Å²) in [5.41, 5.74) is 19.8. The van der Waals surface area contributed by atoms with Crippen LogP contribution >= 0.6 is 0 Å². The van der Waals surface area contributed by atoms with Crippen LogP contribution in [0.5, 0.6) is 0 Å². The van der Waals surface area contributed by atoms with Gasteiger partial charge < -0.3 is 0 Å². The van der Waals surface area contributed by atoms with Gasteiger partial charge in [-0.3, -0.25) is 0 Å². The predicted octanol–water partition coefficient (Wildman–Crippen LogP) is 14.2. The van der Waals surface area contributed by atoms with E-state index in [0.29, 0.717) is 17.5 Å². The average molecular weight is 776 g/mol. The van der Waals surface area contributed by atoms with Gasteiger partial charge in [0.05, 0.1) is 5.41 Å². The van der Waals surface area contributed by atoms with Gasteiger partial charge in [-0.1, -0.05) is 218 Å². The first-order valence-electron chi connectivity index (χ1n) is 20.9. The molecule has 1 spiro atoms. The minimum absolute atomic E-state index is 0.446. The fourth-order valence-electron chi connectivity index (χ4n) is 9.96. The Morgan fingerprint density at radius 3 is 1.20 bits per heavy atom. The van der Waals surface area contributed by atoms with Crippen molar-refractivity contribution in [3.8, 4) is 89.8 Å². The highest BCUT2D eigenvalue weighted by molar-refractivity contribution is 5.99. The van der Waals surface area contributed by atoms with Crippen molar-refractivity contribution in [2.75, 3.05) is 0 Å². The van der Waals surface area contributed by atoms with Gasteiger partial charge in [0.2, 0.25) is 0 Å². The third kappa shape index (κ3) is 5.48. The molecule has 0 bridgehead atoms. The van der Waals surface area contributed by atoms with Gasteiger partial charge in [-0.05, 0) is 84.0 Å². The minimum atomic E-state index is -0.446. The molecule has 284 valence electrons. The molecule has 0 aliphatic heterocycles. The van der Waals surface area contributed by atoms with E-state index in [1.807, 2.05) is 24.3 Å². The first kappa shape index (κ1) is 35.0. The molecule has 0 atom stereocenters. The third-order valence-electron chi connectivity index (χ3n) is 12.6. The Labute approximate surface area is 355 Å². The maximum absolute atomic E-state index is 5.21. The number of nitrogens with zero attached hydrogens (tertiary/aromatic N) is 3. The lowest BCUT2D eigenvalue weighted by Gasteiger charge is -2.32. The molecule has 2 aliphatic rings. The molecule has 0 saturated heterocycles. The van der Waals surface area contributed by atoms with Gasteiger partial charge in [0.25, 0.3) is 0 Å². The van der Waals surface area contributed by atoms with E-state index in [4.69, 9.17) is 15.0 Å². The molecule has 9 aromatic carbocycles. The molecule has 1 heterocycles. The second kappa shape index (κ2) is 14.1. The quantitative estimate of drug-likeness (QED) is 0.169. The van der Waals surface area contributed by atoms with Crippen LogP contribution in [-0.2, 0) is 5.41 Å². The first-order valence-corrected chi connectivity index (χ1v) is 20.9. The van der Waals surface area contributed by atoms with Crippen LogP contribution in [0.3, 0.4) is 0 Å². The van der Waals surface area contributed by atoms with Crippen molar-refractivity contribution < 1.29 is 0 Å². The summed E-state index contributed by atoms with van der Waals surface area (Å²) in [4.78, 5) is 15.4. The summed E-state index contributed by atoms with van der Waals surface area (Å²) in [7, 11) is 0. The topological polar surface area (TPSA) is 38.7 Å². The molecule has 0 amide bonds. The lowest BCUT2D eigenvalue weighted by molar-refractivity contribution is 0.796. The van der Waals surface area contributed by atoms with E-state index >= 15 is 0 Å². The fourth-order valence-corrected chi connectivity index (χ4v) is 9.96. The number of aromatic nitrogens is 3. The molecule has 0 saturated carbocycles. The van der Waals surface area contributed by atoms with Gasteiger partial charge in [0, 0.05) is 16.7 Å². The molecule has 0 N–H and O–H groups in total. The van der Waals surface area contributed by atoms with Crippen molar-refractivity contribution in [1.29, 1.82) is 0 Å². The zero-order chi connectivity index (χ0) is 40.3. The Morgan fingerprint density at radius 1 is 0.230 bits per heavy atom. The van der Waals surface area contributed by atoms with Gasteiger partial charge in [-0.15, -0.1) is 0 Å². The fraction of sp³-hybridized carbons (Fsp3) is 0.0172. The van der Waals surface area contributed by atoms with Crippen LogP contribution in [0.1, 0.15) is 22.3 Å². The van der Waals surface area contributed by atoms with Crippen LogP contribution in [0.15, 0.2) is 224 Å². The van der Waals surface area contributed by atoms with Gasteiger partial charge in [-0.25, -0.2) is 15.0 Å². The van der Waals surface area contributed by atoms with Crippen LogP contribution in [0.4, 0.5) is 0 Å². The van der Waals surface area contributed by atoms with Crippen molar-refractivity contribution in [2.45, 2.75) is 5.41 Å². The zero-order valence-electron chi connectivity index (χ0n) is 33.2. The Morgan fingerprint density at radius 2 is 0.590 bits per heavy atom. The number of fused-ring (bicyclic) bond motifs is 10. The normalized spacial score (nSPS) is 12.7. The maximum atomic E-state index is 5.21. The highest BCUT2D eigenvalue weighted by atomic mass is 15.0. The standard InChI is InChI=1S/C58H37N3/c1-3-17-38(18-4-1)39-33-35-41(36-34-39)56-59-55(40-19-5-2-6-20-40)60-57(61-56)50-27-8-7-23-44(50)42-21-15-22-43(37-42)45-28-16-29-49-48-26-11-14-32-53(48)58(54(45)49)51-30-12-9-24-46(51)47-25-10-13-31-52(47)58/h1-37H. The highest BCUT2D eigenvalue weighted by Crippen LogP contribution is 2.64. The maximum Gasteiger partial charge on any atom is 0.164 e. The van der Waals surface area contributed by atoms with Crippen LogP contribution in [-0.4, -0.2) is 15.0 Å². The van der Waals surface area contributed by atoms with Crippen molar-refractivity contribution in [2.24, 2.45) is 0 Å². The van der Waals surface area contributed by atoms with Crippen molar-refractivity contribution in [3.63, 3.8) is 0 Å². The number of benzene rings is 9. The van der Waals surface area contributed by atoms with Crippen LogP contribution < -0.4 is 0 Å². The van der Waals surface area contributed by atoms with E-state index in [-0.39, 0.29) is 0 Å². The molecule has 3 nitrogen and oxygen atoms in total. The Hall–Kier alpha value is -8.01. The first-order chi connectivity index (χ1) is 30.3. The Kier molecular flexibility index (Phi) is 8.07. The molecule has 10 aromatic rings. The molecular formula is C58H37N3. The predicted molar refractivity (Wildman–Crippen MR) is 249 cm³/mol. The summed E-state index contributed by atoms with van der Waals surface area (Å²) in [6.45, 7) is 0. The Balaban J connectivity index is 1.02. The minimum Gasteiger partial charge on any atom is -0.208 e. The van der Waals surface area contributed by atoms with Crippen LogP contribution in [0.2, 0.25) is 0 Å². The lowest BCUT2D eigenvalue weighted by atomic mass is 9.68. The van der Waals surface area contributed by atoms with Crippen LogP contribution in [0, 0.1) is 0 Å². The third-order valence-corrected chi connectivity index (χ3v) is 12.6. The monoisotopic (exact) mass is 775 g/mol. The van der Waals surface area contributed by atoms with Crippen LogP contribution in [0.25, 0.3) is 89.8 Å². The second-order valence-electron chi connectivity index (χ2n) is 15.9. The molecule has 3 heteroatoms. The number of hydrogen-bond acceptors (Lipinski definition) is 3. The molecule has 0 fully saturated rings. The van der Waals surface area contributed by atoms with Gasteiger partial charge in [-0.2, -0.15) is 0 Å². The van der Waals surface area contributed by atoms with E-state index in [0.717, 1.165) is 38.9 Å². The average Bonchev–Trinajstić information content (AvgIpc) is 3.82. The van der Waals surface area contributed by atoms with Crippen molar-refractivity contribution >= 4 is 0 Å². The highest BCUT2D eigenvalue weighted by Gasteiger charge is 2.52. The van der Waals surface area contributed by atoms with Gasteiger partial charge >= 0.3 is 0 Å². The van der Waals surface area contributed by atoms with Crippen molar-refractivity contribution in [1.82, 2.24) is 15.0 Å². The zero-order valence-corrected chi connectivity index (χ0v) is 33.2. The second-order valence-corrected chi connectivity index (χ2v) is 15.9. The largest absolute Gasteiger partial charge is 0.208 e. The van der Waals surface area contributed by atoms with E-state index < -0.39 is 5.41 Å². The molecular weight excluding hydrogens is 739 g/mol. The summed E-state index contributed by atoms with van der Waals surface area (Å²) in [6, 6.07) is 80.5. The van der Waals surface area contributed by atoms with E-state index in [1.165, 1.54) is 55.6 Å². The Bertz CT molecular complexity index is 3230. The number of hydrogen-bond donors (Lipinski definition) is 0. The SMILES string of the molecule is c1ccc(-c2ccc(-c3nc(-c4ccccc4)nc(-c4ccccc4-c4cccc(-c5cccc6c5C5(c7ccccc7-c7ccccc75)c5ccccc5-6)c4)n3)cc2)cc1. The summed E-state index contributed by atoms with van der Waals surface area (Å²) < 4.78 is 0. The summed E-state index contributed by atoms with van der Waals surface area (Å²) in [5.74, 6) is 1.90. The molecule has 2 aliphatic carbocycles. The molecule has 12 rings (SSSR count). The molecule has 0 unspecified atom stereocenters.